The summed E-state index contributed by atoms with van der Waals surface area (Å²) in [6.07, 6.45) is 5.26. The van der Waals surface area contributed by atoms with E-state index in [4.69, 9.17) is 0 Å². The lowest BCUT2D eigenvalue weighted by molar-refractivity contribution is 0.517. The zero-order chi connectivity index (χ0) is 12.3. The minimum Gasteiger partial charge on any atom is -0.314 e. The lowest BCUT2D eigenvalue weighted by Gasteiger charge is -2.16. The summed E-state index contributed by atoms with van der Waals surface area (Å²) in [7, 11) is 0. The third-order valence-electron chi connectivity index (χ3n) is 4.20. The highest BCUT2D eigenvalue weighted by molar-refractivity contribution is 5.36. The molecule has 0 aliphatic heterocycles. The smallest absolute Gasteiger partial charge is 0.00731 e. The first-order valence-electron chi connectivity index (χ1n) is 7.02. The van der Waals surface area contributed by atoms with Crippen molar-refractivity contribution in [2.75, 3.05) is 6.54 Å². The molecule has 0 saturated heterocycles. The van der Waals surface area contributed by atoms with Crippen LogP contribution in [0.1, 0.15) is 55.2 Å². The molecule has 0 spiro atoms. The minimum absolute atomic E-state index is 0.750. The van der Waals surface area contributed by atoms with Gasteiger partial charge in [0.05, 0.1) is 0 Å². The summed E-state index contributed by atoms with van der Waals surface area (Å²) in [6.45, 7) is 7.91. The van der Waals surface area contributed by atoms with Crippen molar-refractivity contribution < 1.29 is 0 Å². The lowest BCUT2D eigenvalue weighted by atomic mass is 9.91. The van der Waals surface area contributed by atoms with Gasteiger partial charge in [-0.05, 0) is 68.7 Å². The molecule has 1 aliphatic carbocycles. The van der Waals surface area contributed by atoms with E-state index in [1.165, 1.54) is 43.4 Å². The van der Waals surface area contributed by atoms with Gasteiger partial charge < -0.3 is 5.32 Å². The summed E-state index contributed by atoms with van der Waals surface area (Å²) >= 11 is 0. The van der Waals surface area contributed by atoms with Crippen LogP contribution in [0.4, 0.5) is 0 Å². The number of nitrogens with one attached hydrogen (secondary N) is 1. The second-order valence-corrected chi connectivity index (χ2v) is 5.45. The Morgan fingerprint density at radius 2 is 2.06 bits per heavy atom. The van der Waals surface area contributed by atoms with Crippen LogP contribution < -0.4 is 5.32 Å². The lowest BCUT2D eigenvalue weighted by Crippen LogP contribution is -2.26. The molecule has 1 fully saturated rings. The highest BCUT2D eigenvalue weighted by Gasteiger charge is 2.26. The van der Waals surface area contributed by atoms with Crippen LogP contribution in [-0.4, -0.2) is 12.6 Å². The Hall–Kier alpha value is -0.820. The van der Waals surface area contributed by atoms with Crippen LogP contribution in [0.2, 0.25) is 0 Å². The summed E-state index contributed by atoms with van der Waals surface area (Å²) in [5, 5.41) is 3.67. The third-order valence-corrected chi connectivity index (χ3v) is 4.20. The van der Waals surface area contributed by atoms with Crippen molar-refractivity contribution in [3.05, 3.63) is 34.9 Å². The van der Waals surface area contributed by atoms with E-state index < -0.39 is 0 Å². The first kappa shape index (κ1) is 12.6. The Balaban J connectivity index is 2.02. The molecule has 1 N–H and O–H groups in total. The highest BCUT2D eigenvalue weighted by Crippen LogP contribution is 2.36. The number of hydrogen-bond donors (Lipinski definition) is 1. The number of benzene rings is 1. The molecule has 0 aromatic heterocycles. The Morgan fingerprint density at radius 1 is 1.24 bits per heavy atom. The average Bonchev–Trinajstić information content (AvgIpc) is 2.78. The van der Waals surface area contributed by atoms with E-state index in [0.717, 1.165) is 12.0 Å². The zero-order valence-electron chi connectivity index (χ0n) is 11.4. The standard InChI is InChI=1S/C16H25N/c1-4-10-17-15-9-8-14(11-15)16-7-5-6-12(2)13(16)3/h5-7,14-15,17H,4,8-11H2,1-3H3. The van der Waals surface area contributed by atoms with Crippen molar-refractivity contribution >= 4 is 0 Å². The summed E-state index contributed by atoms with van der Waals surface area (Å²) in [4.78, 5) is 0. The fourth-order valence-electron chi connectivity index (χ4n) is 3.01. The Bertz CT molecular complexity index is 370. The fraction of sp³-hybridized carbons (Fsp3) is 0.625. The maximum absolute atomic E-state index is 3.67. The van der Waals surface area contributed by atoms with Gasteiger partial charge in [0.1, 0.15) is 0 Å². The van der Waals surface area contributed by atoms with Gasteiger partial charge in [-0.15, -0.1) is 0 Å². The van der Waals surface area contributed by atoms with E-state index in [9.17, 15) is 0 Å². The normalized spacial score (nSPS) is 24.2. The maximum atomic E-state index is 3.67. The first-order valence-corrected chi connectivity index (χ1v) is 7.02. The molecule has 1 heteroatoms. The molecule has 2 rings (SSSR count). The Morgan fingerprint density at radius 3 is 2.82 bits per heavy atom. The van der Waals surface area contributed by atoms with Gasteiger partial charge in [-0.25, -0.2) is 0 Å². The van der Waals surface area contributed by atoms with E-state index in [1.807, 2.05) is 0 Å². The number of rotatable bonds is 4. The summed E-state index contributed by atoms with van der Waals surface area (Å²) in [5.41, 5.74) is 4.53. The molecule has 94 valence electrons. The fourth-order valence-corrected chi connectivity index (χ4v) is 3.01. The molecular formula is C16H25N. The highest BCUT2D eigenvalue weighted by atomic mass is 14.9. The first-order chi connectivity index (χ1) is 8.22. The average molecular weight is 231 g/mol. The molecule has 2 atom stereocenters. The SMILES string of the molecule is CCCNC1CCC(c2cccc(C)c2C)C1. The van der Waals surface area contributed by atoms with Crippen LogP contribution in [0.5, 0.6) is 0 Å². The van der Waals surface area contributed by atoms with Crippen molar-refractivity contribution in [3.63, 3.8) is 0 Å². The van der Waals surface area contributed by atoms with Crippen LogP contribution in [0.25, 0.3) is 0 Å². The topological polar surface area (TPSA) is 12.0 Å². The molecule has 1 saturated carbocycles. The molecule has 17 heavy (non-hydrogen) atoms. The molecule has 0 heterocycles. The molecule has 0 amide bonds. The van der Waals surface area contributed by atoms with E-state index in [0.29, 0.717) is 0 Å². The number of hydrogen-bond acceptors (Lipinski definition) is 1. The molecule has 0 radical (unpaired) electrons. The number of aryl methyl sites for hydroxylation is 1. The van der Waals surface area contributed by atoms with Gasteiger partial charge in [0, 0.05) is 6.04 Å². The molecular weight excluding hydrogens is 206 g/mol. The third kappa shape index (κ3) is 2.90. The molecule has 2 unspecified atom stereocenters. The predicted molar refractivity (Wildman–Crippen MR) is 74.6 cm³/mol. The summed E-state index contributed by atoms with van der Waals surface area (Å²) < 4.78 is 0. The van der Waals surface area contributed by atoms with Gasteiger partial charge in [-0.1, -0.05) is 25.1 Å². The summed E-state index contributed by atoms with van der Waals surface area (Å²) in [5.74, 6) is 0.782. The van der Waals surface area contributed by atoms with Crippen molar-refractivity contribution in [1.29, 1.82) is 0 Å². The quantitative estimate of drug-likeness (QED) is 0.827. The van der Waals surface area contributed by atoms with Crippen molar-refractivity contribution in [2.45, 2.75) is 58.4 Å². The van der Waals surface area contributed by atoms with Crippen LogP contribution in [0, 0.1) is 13.8 Å². The molecule has 1 aliphatic rings. The van der Waals surface area contributed by atoms with E-state index >= 15 is 0 Å². The maximum Gasteiger partial charge on any atom is 0.00731 e. The Kier molecular flexibility index (Phi) is 4.22. The molecule has 1 aromatic rings. The minimum atomic E-state index is 0.750. The van der Waals surface area contributed by atoms with Crippen molar-refractivity contribution in [2.24, 2.45) is 0 Å². The van der Waals surface area contributed by atoms with E-state index in [-0.39, 0.29) is 0 Å². The van der Waals surface area contributed by atoms with Gasteiger partial charge >= 0.3 is 0 Å². The van der Waals surface area contributed by atoms with E-state index in [2.05, 4.69) is 44.3 Å². The van der Waals surface area contributed by atoms with Crippen LogP contribution in [-0.2, 0) is 0 Å². The van der Waals surface area contributed by atoms with Crippen LogP contribution in [0.3, 0.4) is 0 Å². The van der Waals surface area contributed by atoms with Gasteiger partial charge in [0.15, 0.2) is 0 Å². The van der Waals surface area contributed by atoms with Crippen molar-refractivity contribution in [1.82, 2.24) is 5.32 Å². The van der Waals surface area contributed by atoms with Gasteiger partial charge in [0.25, 0.3) is 0 Å². The van der Waals surface area contributed by atoms with Crippen LogP contribution >= 0.6 is 0 Å². The second-order valence-electron chi connectivity index (χ2n) is 5.45. The van der Waals surface area contributed by atoms with Crippen molar-refractivity contribution in [3.8, 4) is 0 Å². The van der Waals surface area contributed by atoms with Gasteiger partial charge in [-0.2, -0.15) is 0 Å². The molecule has 0 bridgehead atoms. The van der Waals surface area contributed by atoms with Crippen LogP contribution in [0.15, 0.2) is 18.2 Å². The van der Waals surface area contributed by atoms with E-state index in [1.54, 1.807) is 5.56 Å². The second kappa shape index (κ2) is 5.68. The molecule has 1 nitrogen and oxygen atoms in total. The largest absolute Gasteiger partial charge is 0.314 e. The predicted octanol–water partition coefficient (Wildman–Crippen LogP) is 3.94. The molecule has 1 aromatic carbocycles. The zero-order valence-corrected chi connectivity index (χ0v) is 11.4. The van der Waals surface area contributed by atoms with Gasteiger partial charge in [-0.3, -0.25) is 0 Å². The monoisotopic (exact) mass is 231 g/mol. The summed E-state index contributed by atoms with van der Waals surface area (Å²) in [6, 6.07) is 7.51. The van der Waals surface area contributed by atoms with Gasteiger partial charge in [0.2, 0.25) is 0 Å². The Labute approximate surface area is 106 Å².